The molecule has 0 radical (unpaired) electrons. The fraction of sp³-hybridized carbons (Fsp3) is 0.320. The molecule has 0 saturated carbocycles. The maximum Gasteiger partial charge on any atom is 0.253 e. The first-order valence-electron chi connectivity index (χ1n) is 11.5. The standard InChI is InChI=1S/C25H27FN8O/c26-21-4-3-18(10-20(21)11-27)22(33-25(35)19-2-1-7-29-13-19)14-30-12-17-5-8-34(9-6-17)24-16-31-23(28)15-32-24/h1-4,7,10,13,15-17,22,30H,5-6,8-9,12,14H2,(H2,28,31)(H,33,35)/t22-/m1/s1. The molecule has 0 unspecified atom stereocenters. The molecule has 180 valence electrons. The number of nitrogens with two attached hydrogens (primary N) is 1. The lowest BCUT2D eigenvalue weighted by atomic mass is 9.96. The van der Waals surface area contributed by atoms with Crippen molar-refractivity contribution < 1.29 is 9.18 Å². The number of hydrogen-bond acceptors (Lipinski definition) is 8. The first kappa shape index (κ1) is 24.0. The SMILES string of the molecule is N#Cc1cc([C@@H](CNCC2CCN(c3cnc(N)cn3)CC2)NC(=O)c2cccnc2)ccc1F. The van der Waals surface area contributed by atoms with Crippen molar-refractivity contribution in [1.82, 2.24) is 25.6 Å². The number of nitrogens with one attached hydrogen (secondary N) is 2. The Morgan fingerprint density at radius 2 is 2.06 bits per heavy atom. The van der Waals surface area contributed by atoms with E-state index >= 15 is 0 Å². The number of aromatic nitrogens is 3. The van der Waals surface area contributed by atoms with Gasteiger partial charge in [0.25, 0.3) is 5.91 Å². The number of pyridine rings is 1. The van der Waals surface area contributed by atoms with Crippen molar-refractivity contribution in [2.24, 2.45) is 5.92 Å². The molecule has 35 heavy (non-hydrogen) atoms. The minimum absolute atomic E-state index is 0.0544. The van der Waals surface area contributed by atoms with Crippen LogP contribution in [0.5, 0.6) is 0 Å². The number of anilines is 2. The molecule has 3 heterocycles. The van der Waals surface area contributed by atoms with Gasteiger partial charge in [0.05, 0.1) is 29.6 Å². The fourth-order valence-electron chi connectivity index (χ4n) is 4.13. The number of benzene rings is 1. The van der Waals surface area contributed by atoms with Crippen LogP contribution in [0.2, 0.25) is 0 Å². The number of nitriles is 1. The Morgan fingerprint density at radius 3 is 2.74 bits per heavy atom. The van der Waals surface area contributed by atoms with Gasteiger partial charge in [0, 0.05) is 32.0 Å². The number of hydrogen-bond donors (Lipinski definition) is 3. The largest absolute Gasteiger partial charge is 0.382 e. The second-order valence-corrected chi connectivity index (χ2v) is 8.51. The molecule has 1 aliphatic rings. The maximum absolute atomic E-state index is 13.9. The molecule has 0 aliphatic carbocycles. The molecule has 4 N–H and O–H groups in total. The highest BCUT2D eigenvalue weighted by Gasteiger charge is 2.22. The molecule has 1 atom stereocenters. The zero-order valence-corrected chi connectivity index (χ0v) is 19.2. The van der Waals surface area contributed by atoms with Crippen LogP contribution in [0.4, 0.5) is 16.0 Å². The van der Waals surface area contributed by atoms with E-state index in [0.29, 0.717) is 29.4 Å². The molecule has 0 spiro atoms. The smallest absolute Gasteiger partial charge is 0.253 e. The number of carbonyl (C=O) groups excluding carboxylic acids is 1. The normalized spacial score (nSPS) is 14.8. The molecule has 4 rings (SSSR count). The van der Waals surface area contributed by atoms with Gasteiger partial charge in [-0.25, -0.2) is 14.4 Å². The van der Waals surface area contributed by atoms with Gasteiger partial charge >= 0.3 is 0 Å². The number of halogens is 1. The summed E-state index contributed by atoms with van der Waals surface area (Å²) < 4.78 is 13.9. The molecule has 2 aromatic heterocycles. The third-order valence-electron chi connectivity index (χ3n) is 6.12. The quantitative estimate of drug-likeness (QED) is 0.453. The second-order valence-electron chi connectivity index (χ2n) is 8.51. The number of piperidine rings is 1. The van der Waals surface area contributed by atoms with E-state index in [4.69, 9.17) is 5.73 Å². The van der Waals surface area contributed by atoms with E-state index in [1.54, 1.807) is 36.8 Å². The molecule has 1 aliphatic heterocycles. The van der Waals surface area contributed by atoms with Gasteiger partial charge in [0.1, 0.15) is 23.5 Å². The summed E-state index contributed by atoms with van der Waals surface area (Å²) in [6, 6.07) is 9.13. The Hall–Kier alpha value is -4.10. The lowest BCUT2D eigenvalue weighted by Gasteiger charge is -2.33. The van der Waals surface area contributed by atoms with Crippen molar-refractivity contribution >= 4 is 17.5 Å². The molecular formula is C25H27FN8O. The summed E-state index contributed by atoms with van der Waals surface area (Å²) >= 11 is 0. The Bertz CT molecular complexity index is 1170. The summed E-state index contributed by atoms with van der Waals surface area (Å²) in [5.41, 5.74) is 6.65. The summed E-state index contributed by atoms with van der Waals surface area (Å²) in [4.78, 5) is 27.4. The predicted octanol–water partition coefficient (Wildman–Crippen LogP) is 2.44. The topological polar surface area (TPSA) is 133 Å². The van der Waals surface area contributed by atoms with E-state index in [2.05, 4.69) is 30.5 Å². The lowest BCUT2D eigenvalue weighted by molar-refractivity contribution is 0.0935. The summed E-state index contributed by atoms with van der Waals surface area (Å²) in [5.74, 6) is 0.824. The highest BCUT2D eigenvalue weighted by Crippen LogP contribution is 2.22. The van der Waals surface area contributed by atoms with E-state index in [-0.39, 0.29) is 11.5 Å². The van der Waals surface area contributed by atoms with Gasteiger partial charge in [-0.2, -0.15) is 5.26 Å². The van der Waals surface area contributed by atoms with Crippen LogP contribution in [-0.2, 0) is 0 Å². The summed E-state index contributed by atoms with van der Waals surface area (Å²) in [5, 5.41) is 15.7. The van der Waals surface area contributed by atoms with Crippen LogP contribution in [0.3, 0.4) is 0 Å². The lowest BCUT2D eigenvalue weighted by Crippen LogP contribution is -2.40. The van der Waals surface area contributed by atoms with E-state index in [0.717, 1.165) is 38.3 Å². The van der Waals surface area contributed by atoms with Gasteiger partial charge < -0.3 is 21.3 Å². The number of amides is 1. The van der Waals surface area contributed by atoms with Gasteiger partial charge in [-0.15, -0.1) is 0 Å². The molecule has 1 amide bonds. The molecule has 3 aromatic rings. The van der Waals surface area contributed by atoms with Crippen molar-refractivity contribution in [3.8, 4) is 6.07 Å². The summed E-state index contributed by atoms with van der Waals surface area (Å²) in [7, 11) is 0. The minimum atomic E-state index is -0.584. The summed E-state index contributed by atoms with van der Waals surface area (Å²) in [6.07, 6.45) is 8.32. The molecule has 1 fully saturated rings. The van der Waals surface area contributed by atoms with Crippen LogP contribution in [0.15, 0.2) is 55.1 Å². The molecular weight excluding hydrogens is 447 g/mol. The third kappa shape index (κ3) is 6.28. The van der Waals surface area contributed by atoms with Crippen molar-refractivity contribution in [3.05, 3.63) is 77.6 Å². The Balaban J connectivity index is 1.36. The average Bonchev–Trinajstić information content (AvgIpc) is 2.90. The highest BCUT2D eigenvalue weighted by atomic mass is 19.1. The van der Waals surface area contributed by atoms with Gasteiger partial charge in [0.15, 0.2) is 0 Å². The number of carbonyl (C=O) groups is 1. The van der Waals surface area contributed by atoms with Crippen LogP contribution in [0, 0.1) is 23.1 Å². The average molecular weight is 475 g/mol. The van der Waals surface area contributed by atoms with Crippen LogP contribution in [-0.4, -0.2) is 47.0 Å². The number of nitrogens with zero attached hydrogens (tertiary/aromatic N) is 5. The van der Waals surface area contributed by atoms with Crippen molar-refractivity contribution in [1.29, 1.82) is 5.26 Å². The van der Waals surface area contributed by atoms with Crippen molar-refractivity contribution in [2.45, 2.75) is 18.9 Å². The van der Waals surface area contributed by atoms with Gasteiger partial charge in [0.2, 0.25) is 0 Å². The zero-order valence-electron chi connectivity index (χ0n) is 19.2. The number of nitrogen functional groups attached to an aromatic ring is 1. The Labute approximate surface area is 203 Å². The van der Waals surface area contributed by atoms with Crippen LogP contribution < -0.4 is 21.3 Å². The number of rotatable bonds is 8. The van der Waals surface area contributed by atoms with E-state index in [9.17, 15) is 14.4 Å². The van der Waals surface area contributed by atoms with Crippen molar-refractivity contribution in [3.63, 3.8) is 0 Å². The van der Waals surface area contributed by atoms with E-state index < -0.39 is 11.9 Å². The maximum atomic E-state index is 13.9. The Kier molecular flexibility index (Phi) is 7.80. The van der Waals surface area contributed by atoms with E-state index in [1.165, 1.54) is 18.3 Å². The molecule has 9 nitrogen and oxygen atoms in total. The van der Waals surface area contributed by atoms with Crippen LogP contribution >= 0.6 is 0 Å². The van der Waals surface area contributed by atoms with Crippen LogP contribution in [0.25, 0.3) is 0 Å². The van der Waals surface area contributed by atoms with Gasteiger partial charge in [-0.1, -0.05) is 6.07 Å². The zero-order chi connectivity index (χ0) is 24.6. The molecule has 1 saturated heterocycles. The first-order chi connectivity index (χ1) is 17.0. The van der Waals surface area contributed by atoms with Gasteiger partial charge in [-0.05, 0) is 55.1 Å². The Morgan fingerprint density at radius 1 is 1.23 bits per heavy atom. The van der Waals surface area contributed by atoms with E-state index in [1.807, 2.05) is 6.07 Å². The third-order valence-corrected chi connectivity index (χ3v) is 6.12. The molecule has 10 heteroatoms. The van der Waals surface area contributed by atoms with Crippen LogP contribution in [0.1, 0.15) is 40.4 Å². The molecule has 0 bridgehead atoms. The van der Waals surface area contributed by atoms with Gasteiger partial charge in [-0.3, -0.25) is 9.78 Å². The first-order valence-corrected chi connectivity index (χ1v) is 11.5. The highest BCUT2D eigenvalue weighted by molar-refractivity contribution is 5.94. The summed E-state index contributed by atoms with van der Waals surface area (Å²) in [6.45, 7) is 2.95. The monoisotopic (exact) mass is 474 g/mol. The van der Waals surface area contributed by atoms with Crippen molar-refractivity contribution in [2.75, 3.05) is 36.8 Å². The minimum Gasteiger partial charge on any atom is -0.382 e. The fourth-order valence-corrected chi connectivity index (χ4v) is 4.13. The molecule has 1 aromatic carbocycles. The second kappa shape index (κ2) is 11.4. The predicted molar refractivity (Wildman–Crippen MR) is 130 cm³/mol.